The first-order valence-corrected chi connectivity index (χ1v) is 6.10. The summed E-state index contributed by atoms with van der Waals surface area (Å²) in [5, 5.41) is 11.3. The van der Waals surface area contributed by atoms with Crippen molar-refractivity contribution in [1.82, 2.24) is 25.0 Å². The topological polar surface area (TPSA) is 77.1 Å². The second-order valence-corrected chi connectivity index (χ2v) is 4.55. The van der Waals surface area contributed by atoms with Crippen LogP contribution < -0.4 is 0 Å². The molecular formula is C12H17N5O2. The third kappa shape index (κ3) is 3.18. The van der Waals surface area contributed by atoms with Gasteiger partial charge in [-0.3, -0.25) is 9.48 Å². The van der Waals surface area contributed by atoms with Gasteiger partial charge >= 0.3 is 0 Å². The highest BCUT2D eigenvalue weighted by atomic mass is 16.6. The molecule has 2 heterocycles. The van der Waals surface area contributed by atoms with Crippen LogP contribution >= 0.6 is 0 Å². The Balaban J connectivity index is 1.83. The summed E-state index contributed by atoms with van der Waals surface area (Å²) < 4.78 is 6.31. The van der Waals surface area contributed by atoms with E-state index < -0.39 is 0 Å². The Kier molecular flexibility index (Phi) is 3.94. The number of amides is 1. The zero-order valence-electron chi connectivity index (χ0n) is 11.3. The second kappa shape index (κ2) is 5.64. The maximum absolute atomic E-state index is 12.0. The smallest absolute Gasteiger partial charge is 0.277 e. The lowest BCUT2D eigenvalue weighted by Gasteiger charge is -2.15. The van der Waals surface area contributed by atoms with E-state index in [1.807, 2.05) is 19.4 Å². The van der Waals surface area contributed by atoms with Crippen molar-refractivity contribution in [2.45, 2.75) is 19.8 Å². The molecule has 0 spiro atoms. The third-order valence-corrected chi connectivity index (χ3v) is 2.92. The summed E-state index contributed by atoms with van der Waals surface area (Å²) in [6, 6.07) is 0. The van der Waals surface area contributed by atoms with Gasteiger partial charge in [-0.05, 0) is 30.5 Å². The molecule has 1 amide bonds. The molecule has 0 atom stereocenters. The molecule has 0 aliphatic heterocycles. The SMILES string of the molecule is Cc1nonc1C(=O)N(C)CCCc1cnn(C)c1. The lowest BCUT2D eigenvalue weighted by molar-refractivity contribution is 0.0782. The van der Waals surface area contributed by atoms with Crippen molar-refractivity contribution in [2.75, 3.05) is 13.6 Å². The Morgan fingerprint density at radius 2 is 2.26 bits per heavy atom. The van der Waals surface area contributed by atoms with Gasteiger partial charge in [0.25, 0.3) is 5.91 Å². The molecule has 0 unspecified atom stereocenters. The predicted molar refractivity (Wildman–Crippen MR) is 67.5 cm³/mol. The lowest BCUT2D eigenvalue weighted by Crippen LogP contribution is -2.28. The molecule has 0 aliphatic carbocycles. The van der Waals surface area contributed by atoms with Gasteiger partial charge in [0.2, 0.25) is 0 Å². The van der Waals surface area contributed by atoms with Gasteiger partial charge in [-0.1, -0.05) is 5.16 Å². The van der Waals surface area contributed by atoms with E-state index in [1.165, 1.54) is 5.56 Å². The van der Waals surface area contributed by atoms with Crippen LogP contribution in [0.4, 0.5) is 0 Å². The van der Waals surface area contributed by atoms with Crippen LogP contribution in [-0.4, -0.2) is 44.5 Å². The summed E-state index contributed by atoms with van der Waals surface area (Å²) in [5.74, 6) is -0.162. The average Bonchev–Trinajstić information content (AvgIpc) is 2.97. The quantitative estimate of drug-likeness (QED) is 0.798. The molecule has 0 N–H and O–H groups in total. The molecule has 0 saturated heterocycles. The predicted octanol–water partition coefficient (Wildman–Crippen LogP) is 0.816. The van der Waals surface area contributed by atoms with Crippen LogP contribution in [0, 0.1) is 6.92 Å². The minimum absolute atomic E-state index is 0.162. The summed E-state index contributed by atoms with van der Waals surface area (Å²) in [6.07, 6.45) is 5.58. The normalized spacial score (nSPS) is 10.7. The highest BCUT2D eigenvalue weighted by Gasteiger charge is 2.18. The van der Waals surface area contributed by atoms with Crippen molar-refractivity contribution in [3.63, 3.8) is 0 Å². The number of hydrogen-bond donors (Lipinski definition) is 0. The van der Waals surface area contributed by atoms with Crippen molar-refractivity contribution in [1.29, 1.82) is 0 Å². The van der Waals surface area contributed by atoms with E-state index in [9.17, 15) is 4.79 Å². The highest BCUT2D eigenvalue weighted by molar-refractivity contribution is 5.92. The van der Waals surface area contributed by atoms with Gasteiger partial charge in [0.1, 0.15) is 5.69 Å². The van der Waals surface area contributed by atoms with E-state index in [2.05, 4.69) is 20.0 Å². The average molecular weight is 263 g/mol. The number of aromatic nitrogens is 4. The maximum Gasteiger partial charge on any atom is 0.277 e. The number of hydrogen-bond acceptors (Lipinski definition) is 5. The molecule has 0 radical (unpaired) electrons. The molecule has 102 valence electrons. The number of carbonyl (C=O) groups excluding carboxylic acids is 1. The molecule has 0 saturated carbocycles. The number of nitrogens with zero attached hydrogens (tertiary/aromatic N) is 5. The van der Waals surface area contributed by atoms with E-state index in [-0.39, 0.29) is 11.6 Å². The second-order valence-electron chi connectivity index (χ2n) is 4.55. The Bertz CT molecular complexity index is 560. The molecule has 7 nitrogen and oxygen atoms in total. The van der Waals surface area contributed by atoms with E-state index >= 15 is 0 Å². The Morgan fingerprint density at radius 1 is 1.47 bits per heavy atom. The molecular weight excluding hydrogens is 246 g/mol. The Labute approximate surface area is 111 Å². The summed E-state index contributed by atoms with van der Waals surface area (Å²) in [4.78, 5) is 13.6. The van der Waals surface area contributed by atoms with Crippen molar-refractivity contribution in [3.8, 4) is 0 Å². The summed E-state index contributed by atoms with van der Waals surface area (Å²) >= 11 is 0. The van der Waals surface area contributed by atoms with Crippen LogP contribution in [-0.2, 0) is 13.5 Å². The van der Waals surface area contributed by atoms with E-state index in [4.69, 9.17) is 0 Å². The van der Waals surface area contributed by atoms with Crippen LogP contribution in [0.25, 0.3) is 0 Å². The molecule has 0 aliphatic rings. The molecule has 2 rings (SSSR count). The third-order valence-electron chi connectivity index (χ3n) is 2.92. The first-order chi connectivity index (χ1) is 9.08. The van der Waals surface area contributed by atoms with Crippen LogP contribution in [0.5, 0.6) is 0 Å². The number of rotatable bonds is 5. The van der Waals surface area contributed by atoms with Gasteiger partial charge in [0.05, 0.1) is 6.20 Å². The summed E-state index contributed by atoms with van der Waals surface area (Å²) in [7, 11) is 3.64. The number of aryl methyl sites for hydroxylation is 3. The standard InChI is InChI=1S/C12H17N5O2/c1-9-11(15-19-14-9)12(18)16(2)6-4-5-10-7-13-17(3)8-10/h7-8H,4-6H2,1-3H3. The van der Waals surface area contributed by atoms with Gasteiger partial charge in [-0.25, -0.2) is 4.63 Å². The van der Waals surface area contributed by atoms with Gasteiger partial charge in [0.15, 0.2) is 5.69 Å². The highest BCUT2D eigenvalue weighted by Crippen LogP contribution is 2.06. The minimum Gasteiger partial charge on any atom is -0.340 e. The zero-order chi connectivity index (χ0) is 13.8. The van der Waals surface area contributed by atoms with Gasteiger partial charge in [-0.2, -0.15) is 5.10 Å². The van der Waals surface area contributed by atoms with Crippen molar-refractivity contribution in [2.24, 2.45) is 7.05 Å². The minimum atomic E-state index is -0.162. The fourth-order valence-electron chi connectivity index (χ4n) is 1.83. The fourth-order valence-corrected chi connectivity index (χ4v) is 1.83. The molecule has 19 heavy (non-hydrogen) atoms. The van der Waals surface area contributed by atoms with E-state index in [0.29, 0.717) is 12.2 Å². The molecule has 2 aromatic heterocycles. The molecule has 0 fully saturated rings. The van der Waals surface area contributed by atoms with Gasteiger partial charge in [-0.15, -0.1) is 0 Å². The summed E-state index contributed by atoms with van der Waals surface area (Å²) in [6.45, 7) is 2.35. The zero-order valence-corrected chi connectivity index (χ0v) is 11.3. The van der Waals surface area contributed by atoms with Crippen LogP contribution in [0.3, 0.4) is 0 Å². The molecule has 7 heteroatoms. The number of carbonyl (C=O) groups is 1. The first-order valence-electron chi connectivity index (χ1n) is 6.10. The Hall–Kier alpha value is -2.18. The Morgan fingerprint density at radius 3 is 2.84 bits per heavy atom. The molecule has 0 aromatic carbocycles. The monoisotopic (exact) mass is 263 g/mol. The summed E-state index contributed by atoms with van der Waals surface area (Å²) in [5.41, 5.74) is 1.97. The van der Waals surface area contributed by atoms with Crippen molar-refractivity contribution in [3.05, 3.63) is 29.3 Å². The van der Waals surface area contributed by atoms with Crippen molar-refractivity contribution >= 4 is 5.91 Å². The van der Waals surface area contributed by atoms with Crippen LogP contribution in [0.1, 0.15) is 28.2 Å². The lowest BCUT2D eigenvalue weighted by atomic mass is 10.2. The fraction of sp³-hybridized carbons (Fsp3) is 0.500. The van der Waals surface area contributed by atoms with E-state index in [1.54, 1.807) is 23.6 Å². The maximum atomic E-state index is 12.0. The van der Waals surface area contributed by atoms with Crippen LogP contribution in [0.15, 0.2) is 17.0 Å². The largest absolute Gasteiger partial charge is 0.340 e. The molecule has 2 aromatic rings. The van der Waals surface area contributed by atoms with Gasteiger partial charge in [0, 0.05) is 26.8 Å². The van der Waals surface area contributed by atoms with E-state index in [0.717, 1.165) is 12.8 Å². The first kappa shape index (κ1) is 13.3. The molecule has 0 bridgehead atoms. The van der Waals surface area contributed by atoms with Crippen LogP contribution in [0.2, 0.25) is 0 Å². The van der Waals surface area contributed by atoms with Gasteiger partial charge < -0.3 is 4.90 Å². The van der Waals surface area contributed by atoms with Crippen molar-refractivity contribution < 1.29 is 9.42 Å².